The Balaban J connectivity index is 1.17. The molecule has 2 aromatic carbocycles. The highest BCUT2D eigenvalue weighted by atomic mass is 16.2. The molecule has 8 N–H and O–H groups in total. The van der Waals surface area contributed by atoms with E-state index in [1.165, 1.54) is 12.7 Å². The van der Waals surface area contributed by atoms with Crippen LogP contribution in [0.15, 0.2) is 85.7 Å². The Hall–Kier alpha value is -6.32. The zero-order valence-electron chi connectivity index (χ0n) is 36.4. The third kappa shape index (κ3) is 15.9. The van der Waals surface area contributed by atoms with Gasteiger partial charge < -0.3 is 41.9 Å². The molecule has 0 saturated carbocycles. The van der Waals surface area contributed by atoms with Crippen LogP contribution in [0.2, 0.25) is 0 Å². The van der Waals surface area contributed by atoms with E-state index in [0.717, 1.165) is 38.5 Å². The van der Waals surface area contributed by atoms with Crippen molar-refractivity contribution in [2.24, 2.45) is 11.8 Å². The van der Waals surface area contributed by atoms with Crippen LogP contribution in [0, 0.1) is 11.8 Å². The summed E-state index contributed by atoms with van der Waals surface area (Å²) in [6, 6.07) is 13.9. The third-order valence-corrected chi connectivity index (χ3v) is 11.1. The second-order valence-electron chi connectivity index (χ2n) is 15.8. The number of H-pyrrole nitrogens is 2. The number of amides is 6. The first-order valence-corrected chi connectivity index (χ1v) is 21.8. The molecule has 4 rings (SSSR count). The highest BCUT2D eigenvalue weighted by Gasteiger charge is 2.32. The Morgan fingerprint density at radius 1 is 0.516 bits per heavy atom. The van der Waals surface area contributed by atoms with Crippen molar-refractivity contribution < 1.29 is 28.8 Å². The Morgan fingerprint density at radius 3 is 1.23 bits per heavy atom. The molecular weight excluding hydrogens is 789 g/mol. The fourth-order valence-corrected chi connectivity index (χ4v) is 6.82. The van der Waals surface area contributed by atoms with Crippen LogP contribution in [-0.2, 0) is 32.0 Å². The first-order chi connectivity index (χ1) is 30.0. The summed E-state index contributed by atoms with van der Waals surface area (Å²) < 4.78 is 0. The fourth-order valence-electron chi connectivity index (χ4n) is 6.82. The van der Waals surface area contributed by atoms with Gasteiger partial charge in [-0.3, -0.25) is 28.8 Å². The van der Waals surface area contributed by atoms with Gasteiger partial charge in [0.15, 0.2) is 0 Å². The van der Waals surface area contributed by atoms with Gasteiger partial charge in [0.1, 0.15) is 24.2 Å². The number of unbranched alkanes of at least 4 members (excludes halogenated alkanes) is 5. The lowest BCUT2D eigenvalue weighted by Crippen LogP contribution is -2.56. The van der Waals surface area contributed by atoms with E-state index in [0.29, 0.717) is 48.4 Å². The summed E-state index contributed by atoms with van der Waals surface area (Å²) in [5.74, 6) is -2.53. The van der Waals surface area contributed by atoms with E-state index in [9.17, 15) is 28.8 Å². The average Bonchev–Trinajstić information content (AvgIpc) is 4.02. The average molecular weight is 853 g/mol. The topological polar surface area (TPSA) is 232 Å². The zero-order chi connectivity index (χ0) is 44.7. The molecule has 0 bridgehead atoms. The lowest BCUT2D eigenvalue weighted by Gasteiger charge is -2.26. The van der Waals surface area contributed by atoms with Crippen molar-refractivity contribution in [3.8, 4) is 0 Å². The van der Waals surface area contributed by atoms with Crippen molar-refractivity contribution in [1.82, 2.24) is 51.8 Å². The maximum atomic E-state index is 13.6. The van der Waals surface area contributed by atoms with Crippen LogP contribution in [0.4, 0.5) is 0 Å². The van der Waals surface area contributed by atoms with E-state index in [2.05, 4.69) is 51.8 Å². The van der Waals surface area contributed by atoms with Gasteiger partial charge in [-0.2, -0.15) is 0 Å². The minimum absolute atomic E-state index is 0.147. The third-order valence-electron chi connectivity index (χ3n) is 11.1. The number of carbonyl (C=O) groups is 6. The lowest BCUT2D eigenvalue weighted by atomic mass is 9.97. The number of carbonyl (C=O) groups excluding carboxylic acids is 6. The number of benzene rings is 2. The van der Waals surface area contributed by atoms with Crippen molar-refractivity contribution in [2.75, 3.05) is 13.1 Å². The molecule has 0 radical (unpaired) electrons. The standard InChI is InChI=1S/C46H64N10O6/c1-5-31(3)39(55-43(59)37(25-35-27-47-29-51-35)53-41(57)33-19-13-11-14-20-33)45(61)49-23-17-9-7-8-10-18-24-50-46(62)40(32(4)6-2)56-44(60)38(26-36-28-48-30-52-36)54-42(58)34-21-15-12-16-22-34/h11-16,19-22,27-32,37-40H,5-10,17-18,23-26H2,1-4H3,(H,47,51)(H,48,52)(H,49,61)(H,50,62)(H,53,57)(H,54,58)(H,55,59)(H,56,60)/t31?,32?,37-,38+,39-,40+. The van der Waals surface area contributed by atoms with Crippen LogP contribution in [0.25, 0.3) is 0 Å². The molecule has 6 amide bonds. The number of nitrogens with zero attached hydrogens (tertiary/aromatic N) is 2. The normalized spacial score (nSPS) is 13.9. The Labute approximate surface area is 364 Å². The maximum Gasteiger partial charge on any atom is 0.251 e. The van der Waals surface area contributed by atoms with Gasteiger partial charge in [0.25, 0.3) is 11.8 Å². The van der Waals surface area contributed by atoms with Crippen molar-refractivity contribution in [3.05, 3.63) is 108 Å². The molecule has 334 valence electrons. The van der Waals surface area contributed by atoms with Gasteiger partial charge in [-0.05, 0) is 48.9 Å². The maximum absolute atomic E-state index is 13.6. The van der Waals surface area contributed by atoms with Crippen molar-refractivity contribution >= 4 is 35.4 Å². The lowest BCUT2D eigenvalue weighted by molar-refractivity contribution is -0.131. The summed E-state index contributed by atoms with van der Waals surface area (Å²) in [6.45, 7) is 8.66. The summed E-state index contributed by atoms with van der Waals surface area (Å²) in [5, 5.41) is 17.4. The Kier molecular flexibility index (Phi) is 20.4. The first-order valence-electron chi connectivity index (χ1n) is 21.8. The van der Waals surface area contributed by atoms with Gasteiger partial charge in [-0.15, -0.1) is 0 Å². The summed E-state index contributed by atoms with van der Waals surface area (Å²) in [5.41, 5.74) is 2.19. The Bertz CT molecular complexity index is 1820. The summed E-state index contributed by atoms with van der Waals surface area (Å²) >= 11 is 0. The number of aromatic amines is 2. The fraction of sp³-hybridized carbons (Fsp3) is 0.478. The van der Waals surface area contributed by atoms with E-state index in [4.69, 9.17) is 0 Å². The summed E-state index contributed by atoms with van der Waals surface area (Å²) in [4.78, 5) is 94.0. The highest BCUT2D eigenvalue weighted by Crippen LogP contribution is 2.13. The largest absolute Gasteiger partial charge is 0.354 e. The molecule has 0 aliphatic rings. The molecule has 0 aliphatic heterocycles. The van der Waals surface area contributed by atoms with Gasteiger partial charge in [0.2, 0.25) is 23.6 Å². The van der Waals surface area contributed by atoms with Gasteiger partial charge >= 0.3 is 0 Å². The van der Waals surface area contributed by atoms with Crippen LogP contribution >= 0.6 is 0 Å². The molecule has 62 heavy (non-hydrogen) atoms. The van der Waals surface area contributed by atoms with Gasteiger partial charge in [-0.1, -0.05) is 103 Å². The predicted octanol–water partition coefficient (Wildman–Crippen LogP) is 4.15. The van der Waals surface area contributed by atoms with Crippen LogP contribution in [0.5, 0.6) is 0 Å². The molecule has 16 nitrogen and oxygen atoms in total. The van der Waals surface area contributed by atoms with E-state index >= 15 is 0 Å². The van der Waals surface area contributed by atoms with Crippen LogP contribution in [-0.4, -0.2) is 92.6 Å². The van der Waals surface area contributed by atoms with Gasteiger partial charge in [-0.25, -0.2) is 9.97 Å². The molecule has 2 unspecified atom stereocenters. The van der Waals surface area contributed by atoms with Gasteiger partial charge in [0.05, 0.1) is 12.7 Å². The second kappa shape index (κ2) is 26.1. The number of nitrogens with one attached hydrogen (secondary N) is 8. The molecule has 6 atom stereocenters. The molecule has 4 aromatic rings. The smallest absolute Gasteiger partial charge is 0.251 e. The molecule has 2 heterocycles. The molecule has 0 saturated heterocycles. The van der Waals surface area contributed by atoms with Gasteiger partial charge in [0, 0.05) is 60.8 Å². The summed E-state index contributed by atoms with van der Waals surface area (Å²) in [7, 11) is 0. The molecule has 16 heteroatoms. The quantitative estimate of drug-likeness (QED) is 0.0405. The number of hydrogen-bond acceptors (Lipinski definition) is 8. The minimum Gasteiger partial charge on any atom is -0.354 e. The van der Waals surface area contributed by atoms with Crippen LogP contribution in [0.3, 0.4) is 0 Å². The predicted molar refractivity (Wildman–Crippen MR) is 236 cm³/mol. The molecule has 0 spiro atoms. The van der Waals surface area contributed by atoms with Crippen LogP contribution < -0.4 is 31.9 Å². The first kappa shape index (κ1) is 48.3. The number of aromatic nitrogens is 4. The minimum atomic E-state index is -0.935. The highest BCUT2D eigenvalue weighted by molar-refractivity contribution is 5.99. The number of rotatable bonds is 27. The molecule has 0 fully saturated rings. The molecular formula is C46H64N10O6. The van der Waals surface area contributed by atoms with E-state index < -0.39 is 47.8 Å². The SMILES string of the molecule is CCC(C)[C@H](NC(=O)[C@H](Cc1cnc[nH]1)NC(=O)c1ccccc1)C(=O)NCCCCCCCCNC(=O)[C@H](NC(=O)[C@@H](Cc1cnc[nH]1)NC(=O)c1ccccc1)C(C)CC. The Morgan fingerprint density at radius 2 is 0.887 bits per heavy atom. The molecule has 0 aliphatic carbocycles. The number of hydrogen-bond donors (Lipinski definition) is 8. The van der Waals surface area contributed by atoms with Crippen molar-refractivity contribution in [1.29, 1.82) is 0 Å². The second-order valence-corrected chi connectivity index (χ2v) is 15.8. The molecule has 2 aromatic heterocycles. The monoisotopic (exact) mass is 853 g/mol. The zero-order valence-corrected chi connectivity index (χ0v) is 36.4. The summed E-state index contributed by atoms with van der Waals surface area (Å²) in [6.07, 6.45) is 13.1. The van der Waals surface area contributed by atoms with Crippen molar-refractivity contribution in [2.45, 2.75) is 116 Å². The van der Waals surface area contributed by atoms with Crippen LogP contribution in [0.1, 0.15) is 111 Å². The van der Waals surface area contributed by atoms with E-state index in [1.54, 1.807) is 73.1 Å². The van der Waals surface area contributed by atoms with Crippen molar-refractivity contribution in [3.63, 3.8) is 0 Å². The van der Waals surface area contributed by atoms with E-state index in [-0.39, 0.29) is 36.5 Å². The van der Waals surface area contributed by atoms with E-state index in [1.807, 2.05) is 27.7 Å². The number of imidazole rings is 2.